The molecule has 3 rings (SSSR count). The number of nitrogens with zero attached hydrogens (tertiary/aromatic N) is 2. The smallest absolute Gasteiger partial charge is 0.416 e. The van der Waals surface area contributed by atoms with Gasteiger partial charge in [0.2, 0.25) is 21.8 Å². The second-order valence-corrected chi connectivity index (χ2v) is 13.7. The van der Waals surface area contributed by atoms with Crippen molar-refractivity contribution < 1.29 is 40.7 Å². The van der Waals surface area contributed by atoms with Crippen LogP contribution in [0.3, 0.4) is 0 Å². The van der Waals surface area contributed by atoms with Crippen molar-refractivity contribution in [2.45, 2.75) is 76.2 Å². The average Bonchev–Trinajstić information content (AvgIpc) is 2.94. The zero-order chi connectivity index (χ0) is 32.9. The summed E-state index contributed by atoms with van der Waals surface area (Å²) in [5.74, 6) is -0.778. The first-order valence-corrected chi connectivity index (χ1v) is 15.6. The number of carbonyl (C=O) groups excluding carboxylic acids is 3. The number of sulfonamides is 1. The van der Waals surface area contributed by atoms with Crippen molar-refractivity contribution in [1.29, 1.82) is 0 Å². The molecule has 1 fully saturated rings. The fourth-order valence-electron chi connectivity index (χ4n) is 4.52. The zero-order valence-corrected chi connectivity index (χ0v) is 26.2. The van der Waals surface area contributed by atoms with E-state index in [9.17, 15) is 36.0 Å². The van der Waals surface area contributed by atoms with Gasteiger partial charge in [-0.2, -0.15) is 17.5 Å². The second kappa shape index (κ2) is 14.0. The molecule has 10 nitrogen and oxygen atoms in total. The van der Waals surface area contributed by atoms with Gasteiger partial charge in [0.15, 0.2) is 0 Å². The Morgan fingerprint density at radius 1 is 0.955 bits per heavy atom. The van der Waals surface area contributed by atoms with E-state index < -0.39 is 56.2 Å². The van der Waals surface area contributed by atoms with Crippen LogP contribution in [0.4, 0.5) is 18.0 Å². The molecular formula is C30H39F3N4O6S. The largest absolute Gasteiger partial charge is 0.444 e. The Kier molecular flexibility index (Phi) is 11.1. The molecule has 0 bridgehead atoms. The molecule has 1 unspecified atom stereocenters. The van der Waals surface area contributed by atoms with E-state index in [0.29, 0.717) is 18.1 Å². The summed E-state index contributed by atoms with van der Waals surface area (Å²) in [4.78, 5) is 39.3. The maximum absolute atomic E-state index is 13.6. The van der Waals surface area contributed by atoms with Crippen LogP contribution in [0, 0.1) is 0 Å². The number of rotatable bonds is 9. The highest BCUT2D eigenvalue weighted by atomic mass is 32.2. The molecule has 2 aromatic carbocycles. The standard InChI is InChI=1S/C30H39F3N4O6S/c1-20(2)22-8-6-21(7-9-22)18-35-27(39)25-19-36(26(38)14-15-34-28(40)43-29(3,4)5)16-17-37(25)44(41,42)24-12-10-23(11-13-24)30(31,32)33/h6-13,20,25H,14-19H2,1-5H3,(H,34,40)(H,35,39). The normalized spacial score (nSPS) is 16.5. The van der Waals surface area contributed by atoms with Gasteiger partial charge in [-0.05, 0) is 62.1 Å². The molecule has 242 valence electrons. The van der Waals surface area contributed by atoms with Crippen LogP contribution in [0.2, 0.25) is 0 Å². The fourth-order valence-corrected chi connectivity index (χ4v) is 6.09. The summed E-state index contributed by atoms with van der Waals surface area (Å²) in [6.45, 7) is 8.62. The average molecular weight is 641 g/mol. The second-order valence-electron chi connectivity index (χ2n) is 11.8. The summed E-state index contributed by atoms with van der Waals surface area (Å²) in [6.07, 6.45) is -5.47. The number of alkyl halides is 3. The van der Waals surface area contributed by atoms with Crippen LogP contribution >= 0.6 is 0 Å². The number of alkyl carbamates (subject to hydrolysis) is 1. The van der Waals surface area contributed by atoms with Crippen LogP contribution in [0.25, 0.3) is 0 Å². The number of amides is 3. The Morgan fingerprint density at radius 2 is 1.57 bits per heavy atom. The number of hydrogen-bond donors (Lipinski definition) is 2. The Bertz CT molecular complexity index is 1420. The summed E-state index contributed by atoms with van der Waals surface area (Å²) in [5.41, 5.74) is 0.151. The number of nitrogens with one attached hydrogen (secondary N) is 2. The minimum Gasteiger partial charge on any atom is -0.444 e. The summed E-state index contributed by atoms with van der Waals surface area (Å²) < 4.78 is 72.4. The van der Waals surface area contributed by atoms with Crippen LogP contribution in [0.15, 0.2) is 53.4 Å². The summed E-state index contributed by atoms with van der Waals surface area (Å²) >= 11 is 0. The third-order valence-electron chi connectivity index (χ3n) is 6.90. The molecular weight excluding hydrogens is 601 g/mol. The van der Waals surface area contributed by atoms with Gasteiger partial charge in [0.05, 0.1) is 10.5 Å². The minimum absolute atomic E-state index is 0.0406. The lowest BCUT2D eigenvalue weighted by Crippen LogP contribution is -2.61. The van der Waals surface area contributed by atoms with Crippen LogP contribution in [-0.4, -0.2) is 73.4 Å². The molecule has 1 aliphatic heterocycles. The maximum atomic E-state index is 13.6. The number of ether oxygens (including phenoxy) is 1. The van der Waals surface area contributed by atoms with E-state index in [1.807, 2.05) is 38.1 Å². The number of carbonyl (C=O) groups is 3. The van der Waals surface area contributed by atoms with Gasteiger partial charge >= 0.3 is 12.3 Å². The molecule has 0 saturated carbocycles. The van der Waals surface area contributed by atoms with E-state index in [0.717, 1.165) is 27.6 Å². The van der Waals surface area contributed by atoms with Crippen molar-refractivity contribution in [3.63, 3.8) is 0 Å². The SMILES string of the molecule is CC(C)c1ccc(CNC(=O)C2CN(C(=O)CCNC(=O)OC(C)(C)C)CCN2S(=O)(=O)c2ccc(C(F)(F)F)cc2)cc1. The molecule has 0 radical (unpaired) electrons. The van der Waals surface area contributed by atoms with Crippen molar-refractivity contribution in [2.24, 2.45) is 0 Å². The van der Waals surface area contributed by atoms with Gasteiger partial charge in [0, 0.05) is 39.1 Å². The molecule has 0 aliphatic carbocycles. The molecule has 14 heteroatoms. The lowest BCUT2D eigenvalue weighted by Gasteiger charge is -2.39. The van der Waals surface area contributed by atoms with Crippen molar-refractivity contribution in [3.05, 3.63) is 65.2 Å². The Labute approximate surface area is 256 Å². The van der Waals surface area contributed by atoms with Gasteiger partial charge < -0.3 is 20.3 Å². The molecule has 2 N–H and O–H groups in total. The highest BCUT2D eigenvalue weighted by Gasteiger charge is 2.41. The molecule has 1 saturated heterocycles. The highest BCUT2D eigenvalue weighted by Crippen LogP contribution is 2.31. The Balaban J connectivity index is 1.77. The number of piperazine rings is 1. The molecule has 0 spiro atoms. The maximum Gasteiger partial charge on any atom is 0.416 e. The van der Waals surface area contributed by atoms with Crippen molar-refractivity contribution in [3.8, 4) is 0 Å². The van der Waals surface area contributed by atoms with Crippen LogP contribution in [-0.2, 0) is 37.1 Å². The number of hydrogen-bond acceptors (Lipinski definition) is 6. The van der Waals surface area contributed by atoms with Crippen molar-refractivity contribution in [2.75, 3.05) is 26.2 Å². The zero-order valence-electron chi connectivity index (χ0n) is 25.4. The van der Waals surface area contributed by atoms with E-state index in [1.165, 1.54) is 4.90 Å². The van der Waals surface area contributed by atoms with Gasteiger partial charge in [-0.25, -0.2) is 13.2 Å². The first kappa shape index (κ1) is 34.8. The van der Waals surface area contributed by atoms with Crippen LogP contribution in [0.1, 0.15) is 63.6 Å². The summed E-state index contributed by atoms with van der Waals surface area (Å²) in [7, 11) is -4.42. The van der Waals surface area contributed by atoms with Gasteiger partial charge in [-0.1, -0.05) is 38.1 Å². The predicted molar refractivity (Wildman–Crippen MR) is 157 cm³/mol. The van der Waals surface area contributed by atoms with E-state index in [-0.39, 0.29) is 39.1 Å². The van der Waals surface area contributed by atoms with Gasteiger partial charge in [-0.15, -0.1) is 0 Å². The molecule has 1 heterocycles. The molecule has 0 aromatic heterocycles. The van der Waals surface area contributed by atoms with Gasteiger partial charge in [-0.3, -0.25) is 9.59 Å². The lowest BCUT2D eigenvalue weighted by molar-refractivity contribution is -0.138. The topological polar surface area (TPSA) is 125 Å². The van der Waals surface area contributed by atoms with Gasteiger partial charge in [0.1, 0.15) is 11.6 Å². The molecule has 3 amide bonds. The third kappa shape index (κ3) is 9.42. The number of benzene rings is 2. The fraction of sp³-hybridized carbons (Fsp3) is 0.500. The Morgan fingerprint density at radius 3 is 2.11 bits per heavy atom. The van der Waals surface area contributed by atoms with E-state index in [4.69, 9.17) is 4.74 Å². The quantitative estimate of drug-likeness (QED) is 0.422. The lowest BCUT2D eigenvalue weighted by atomic mass is 10.0. The predicted octanol–water partition coefficient (Wildman–Crippen LogP) is 4.26. The summed E-state index contributed by atoms with van der Waals surface area (Å²) in [5, 5.41) is 5.22. The van der Waals surface area contributed by atoms with Crippen LogP contribution in [0.5, 0.6) is 0 Å². The Hall–Kier alpha value is -3.65. The van der Waals surface area contributed by atoms with E-state index in [1.54, 1.807) is 20.8 Å². The van der Waals surface area contributed by atoms with E-state index in [2.05, 4.69) is 10.6 Å². The summed E-state index contributed by atoms with van der Waals surface area (Å²) in [6, 6.07) is 9.24. The first-order valence-electron chi connectivity index (χ1n) is 14.2. The molecule has 44 heavy (non-hydrogen) atoms. The minimum atomic E-state index is -4.65. The third-order valence-corrected chi connectivity index (χ3v) is 8.82. The number of halogens is 3. The van der Waals surface area contributed by atoms with Crippen molar-refractivity contribution in [1.82, 2.24) is 19.8 Å². The molecule has 2 aromatic rings. The molecule has 1 aliphatic rings. The molecule has 1 atom stereocenters. The van der Waals surface area contributed by atoms with E-state index >= 15 is 0 Å². The van der Waals surface area contributed by atoms with Crippen molar-refractivity contribution >= 4 is 27.9 Å². The highest BCUT2D eigenvalue weighted by molar-refractivity contribution is 7.89. The van der Waals surface area contributed by atoms with Crippen LogP contribution < -0.4 is 10.6 Å². The first-order chi connectivity index (χ1) is 20.4. The van der Waals surface area contributed by atoms with Gasteiger partial charge in [0.25, 0.3) is 0 Å². The monoisotopic (exact) mass is 640 g/mol.